The van der Waals surface area contributed by atoms with E-state index in [1.165, 1.54) is 6.08 Å². The molecule has 0 aliphatic carbocycles. The smallest absolute Gasteiger partial charge is 0.330 e. The number of epoxide rings is 1. The average molecular weight is 290 g/mol. The van der Waals surface area contributed by atoms with E-state index in [9.17, 15) is 4.79 Å². The molecule has 0 radical (unpaired) electrons. The summed E-state index contributed by atoms with van der Waals surface area (Å²) in [6.07, 6.45) is 3.44. The minimum Gasteiger partial charge on any atom is -0.463 e. The Balaban J connectivity index is 2.12. The monoisotopic (exact) mass is 290 g/mol. The number of carbonyl (C=O) groups is 1. The molecule has 0 saturated carbocycles. The molecule has 1 aliphatic heterocycles. The van der Waals surface area contributed by atoms with Gasteiger partial charge >= 0.3 is 5.97 Å². The summed E-state index contributed by atoms with van der Waals surface area (Å²) in [6.45, 7) is 7.63. The van der Waals surface area contributed by atoms with E-state index in [1.54, 1.807) is 13.0 Å². The fourth-order valence-electron chi connectivity index (χ4n) is 2.25. The molecule has 0 amide bonds. The van der Waals surface area contributed by atoms with Gasteiger partial charge in [-0.1, -0.05) is 18.2 Å². The largest absolute Gasteiger partial charge is 0.463 e. The molecule has 1 aromatic rings. The number of hydrogen-bond acceptors (Lipinski definition) is 4. The summed E-state index contributed by atoms with van der Waals surface area (Å²) < 4.78 is 15.9. The summed E-state index contributed by atoms with van der Waals surface area (Å²) in [5.74, 6) is -0.329. The Labute approximate surface area is 125 Å². The number of esters is 1. The first kappa shape index (κ1) is 15.7. The van der Waals surface area contributed by atoms with Crippen molar-refractivity contribution in [3.8, 4) is 0 Å². The molecule has 1 unspecified atom stereocenters. The first-order valence-corrected chi connectivity index (χ1v) is 7.29. The normalized spacial score (nSPS) is 18.7. The summed E-state index contributed by atoms with van der Waals surface area (Å²) >= 11 is 0. The topological polar surface area (TPSA) is 48.1 Å². The van der Waals surface area contributed by atoms with E-state index in [2.05, 4.69) is 0 Å². The molecule has 1 aromatic carbocycles. The van der Waals surface area contributed by atoms with Crippen molar-refractivity contribution in [3.05, 3.63) is 41.0 Å². The van der Waals surface area contributed by atoms with E-state index in [1.807, 2.05) is 32.0 Å². The molecule has 0 aromatic heterocycles. The van der Waals surface area contributed by atoms with Gasteiger partial charge in [-0.05, 0) is 43.5 Å². The quantitative estimate of drug-likeness (QED) is 0.440. The van der Waals surface area contributed by atoms with Crippen LogP contribution in [0.25, 0.3) is 6.08 Å². The number of aryl methyl sites for hydroxylation is 1. The van der Waals surface area contributed by atoms with Crippen molar-refractivity contribution in [1.82, 2.24) is 0 Å². The van der Waals surface area contributed by atoms with Crippen LogP contribution in [0.1, 0.15) is 36.6 Å². The summed E-state index contributed by atoms with van der Waals surface area (Å²) in [4.78, 5) is 11.4. The maximum atomic E-state index is 11.4. The van der Waals surface area contributed by atoms with Crippen molar-refractivity contribution in [2.24, 2.45) is 0 Å². The summed E-state index contributed by atoms with van der Waals surface area (Å²) in [5.41, 5.74) is 3.22. The molecule has 4 nitrogen and oxygen atoms in total. The van der Waals surface area contributed by atoms with Gasteiger partial charge in [0.1, 0.15) is 6.10 Å². The van der Waals surface area contributed by atoms with Crippen LogP contribution in [-0.2, 0) is 19.0 Å². The summed E-state index contributed by atoms with van der Waals surface area (Å²) in [5, 5.41) is 0. The van der Waals surface area contributed by atoms with E-state index >= 15 is 0 Å². The van der Waals surface area contributed by atoms with Crippen molar-refractivity contribution in [2.45, 2.75) is 33.0 Å². The Morgan fingerprint density at radius 2 is 2.29 bits per heavy atom. The van der Waals surface area contributed by atoms with Gasteiger partial charge in [0.15, 0.2) is 0 Å². The van der Waals surface area contributed by atoms with Crippen LogP contribution in [0.2, 0.25) is 0 Å². The molecule has 21 heavy (non-hydrogen) atoms. The molecule has 1 heterocycles. The highest BCUT2D eigenvalue weighted by atomic mass is 16.6. The molecule has 0 spiro atoms. The van der Waals surface area contributed by atoms with Crippen LogP contribution in [0.4, 0.5) is 0 Å². The fraction of sp³-hybridized carbons (Fsp3) is 0.471. The van der Waals surface area contributed by atoms with Crippen LogP contribution in [0.3, 0.4) is 0 Å². The summed E-state index contributed by atoms with van der Waals surface area (Å²) in [6, 6.07) is 6.00. The van der Waals surface area contributed by atoms with Crippen LogP contribution in [0.5, 0.6) is 0 Å². The molecule has 4 heteroatoms. The second kappa shape index (κ2) is 7.38. The zero-order chi connectivity index (χ0) is 15.2. The van der Waals surface area contributed by atoms with Crippen LogP contribution >= 0.6 is 0 Å². The van der Waals surface area contributed by atoms with Gasteiger partial charge in [-0.3, -0.25) is 0 Å². The average Bonchev–Trinajstić information content (AvgIpc) is 3.27. The maximum Gasteiger partial charge on any atom is 0.330 e. The van der Waals surface area contributed by atoms with Gasteiger partial charge in [0, 0.05) is 6.08 Å². The summed E-state index contributed by atoms with van der Waals surface area (Å²) in [7, 11) is 0. The Morgan fingerprint density at radius 1 is 1.52 bits per heavy atom. The molecule has 2 rings (SSSR count). The first-order chi connectivity index (χ1) is 10.1. The molecule has 114 valence electrons. The molecular weight excluding hydrogens is 268 g/mol. The van der Waals surface area contributed by atoms with Crippen molar-refractivity contribution < 1.29 is 19.0 Å². The predicted octanol–water partition coefficient (Wildman–Crippen LogP) is 3.05. The first-order valence-electron chi connectivity index (χ1n) is 7.29. The minimum atomic E-state index is -0.329. The van der Waals surface area contributed by atoms with Crippen molar-refractivity contribution >= 4 is 12.0 Å². The third kappa shape index (κ3) is 4.69. The van der Waals surface area contributed by atoms with Crippen LogP contribution < -0.4 is 0 Å². The van der Waals surface area contributed by atoms with E-state index in [4.69, 9.17) is 14.2 Å². The highest BCUT2D eigenvalue weighted by Crippen LogP contribution is 2.27. The second-order valence-electron chi connectivity index (χ2n) is 5.09. The number of hydrogen-bond donors (Lipinski definition) is 0. The Morgan fingerprint density at radius 3 is 2.95 bits per heavy atom. The van der Waals surface area contributed by atoms with Gasteiger partial charge in [0.25, 0.3) is 0 Å². The van der Waals surface area contributed by atoms with Gasteiger partial charge in [0.05, 0.1) is 25.9 Å². The maximum absolute atomic E-state index is 11.4. The van der Waals surface area contributed by atoms with Crippen LogP contribution in [-0.4, -0.2) is 31.9 Å². The molecule has 1 aliphatic rings. The SMILES string of the molecule is CCOC(=O)C=Cc1cccc(C)c1C(C)OC[C@H]1CO1. The Bertz CT molecular complexity index is 518. The minimum absolute atomic E-state index is 0.0442. The molecule has 0 bridgehead atoms. The highest BCUT2D eigenvalue weighted by Gasteiger charge is 2.24. The number of carbonyl (C=O) groups excluding carboxylic acids is 1. The van der Waals surface area contributed by atoms with E-state index < -0.39 is 0 Å². The lowest BCUT2D eigenvalue weighted by Gasteiger charge is -2.18. The Kier molecular flexibility index (Phi) is 5.53. The number of rotatable bonds is 7. The molecule has 1 saturated heterocycles. The van der Waals surface area contributed by atoms with Gasteiger partial charge in [-0.25, -0.2) is 4.79 Å². The zero-order valence-corrected chi connectivity index (χ0v) is 12.8. The van der Waals surface area contributed by atoms with Gasteiger partial charge < -0.3 is 14.2 Å². The van der Waals surface area contributed by atoms with Crippen molar-refractivity contribution in [1.29, 1.82) is 0 Å². The molecule has 2 atom stereocenters. The third-order valence-corrected chi connectivity index (χ3v) is 3.38. The second-order valence-corrected chi connectivity index (χ2v) is 5.09. The Hall–Kier alpha value is -1.65. The van der Waals surface area contributed by atoms with E-state index in [-0.39, 0.29) is 18.2 Å². The fourth-order valence-corrected chi connectivity index (χ4v) is 2.25. The van der Waals surface area contributed by atoms with Crippen LogP contribution in [0, 0.1) is 6.92 Å². The highest BCUT2D eigenvalue weighted by molar-refractivity contribution is 5.87. The van der Waals surface area contributed by atoms with Gasteiger partial charge in [-0.15, -0.1) is 0 Å². The van der Waals surface area contributed by atoms with Gasteiger partial charge in [0.2, 0.25) is 0 Å². The molecule has 0 N–H and O–H groups in total. The van der Waals surface area contributed by atoms with Gasteiger partial charge in [-0.2, -0.15) is 0 Å². The molecule has 1 fully saturated rings. The van der Waals surface area contributed by atoms with Crippen molar-refractivity contribution in [3.63, 3.8) is 0 Å². The van der Waals surface area contributed by atoms with E-state index in [0.717, 1.165) is 23.3 Å². The van der Waals surface area contributed by atoms with Crippen LogP contribution in [0.15, 0.2) is 24.3 Å². The number of benzene rings is 1. The lowest BCUT2D eigenvalue weighted by Crippen LogP contribution is -2.09. The predicted molar refractivity (Wildman–Crippen MR) is 81.0 cm³/mol. The lowest BCUT2D eigenvalue weighted by atomic mass is 9.97. The van der Waals surface area contributed by atoms with E-state index in [0.29, 0.717) is 13.2 Å². The third-order valence-electron chi connectivity index (χ3n) is 3.38. The lowest BCUT2D eigenvalue weighted by molar-refractivity contribution is -0.137. The van der Waals surface area contributed by atoms with Crippen molar-refractivity contribution in [2.75, 3.05) is 19.8 Å². The zero-order valence-electron chi connectivity index (χ0n) is 12.8. The standard InChI is InChI=1S/C17H22O4/c1-4-19-16(18)9-8-14-7-5-6-12(2)17(14)13(3)20-10-15-11-21-15/h5-9,13,15H,4,10-11H2,1-3H3/t13?,15-/m0/s1. The molecular formula is C17H22O4. The number of ether oxygens (including phenoxy) is 3.